The van der Waals surface area contributed by atoms with Gasteiger partial charge in [0.25, 0.3) is 0 Å². The first-order valence-electron chi connectivity index (χ1n) is 8.54. The number of benzene rings is 1. The second kappa shape index (κ2) is 6.84. The first-order chi connectivity index (χ1) is 12.0. The first-order valence-corrected chi connectivity index (χ1v) is 8.54. The molecule has 0 radical (unpaired) electrons. The van der Waals surface area contributed by atoms with Gasteiger partial charge in [0.15, 0.2) is 0 Å². The van der Waals surface area contributed by atoms with E-state index in [9.17, 15) is 14.7 Å². The molecule has 2 atom stereocenters. The van der Waals surface area contributed by atoms with Gasteiger partial charge in [-0.15, -0.1) is 0 Å². The van der Waals surface area contributed by atoms with Crippen molar-refractivity contribution in [3.8, 4) is 0 Å². The lowest BCUT2D eigenvalue weighted by Gasteiger charge is -2.45. The monoisotopic (exact) mass is 341 g/mol. The molecule has 1 saturated heterocycles. The highest BCUT2D eigenvalue weighted by Gasteiger charge is 2.56. The molecular weight excluding hydrogens is 318 g/mol. The number of rotatable bonds is 6. The molecule has 1 fully saturated rings. The molecule has 1 aromatic carbocycles. The van der Waals surface area contributed by atoms with Crippen LogP contribution in [0, 0.1) is 11.8 Å². The number of fused-ring (bicyclic) bond motifs is 1. The van der Waals surface area contributed by atoms with Gasteiger partial charge in [0.2, 0.25) is 5.91 Å². The van der Waals surface area contributed by atoms with Crippen LogP contribution in [0.1, 0.15) is 31.4 Å². The summed E-state index contributed by atoms with van der Waals surface area (Å²) in [7, 11) is 0. The normalized spacial score (nSPS) is 22.1. The number of hydrogen-bond donors (Lipinski definition) is 1. The van der Waals surface area contributed by atoms with Gasteiger partial charge in [0.1, 0.15) is 12.3 Å². The minimum Gasteiger partial charge on any atom is -0.457 e. The maximum Gasteiger partial charge on any atom is 0.355 e. The Morgan fingerprint density at radius 3 is 2.88 bits per heavy atom. The molecule has 0 saturated carbocycles. The molecule has 1 amide bonds. The smallest absolute Gasteiger partial charge is 0.355 e. The van der Waals surface area contributed by atoms with Crippen molar-refractivity contribution in [1.29, 1.82) is 0 Å². The zero-order valence-electron chi connectivity index (χ0n) is 14.6. The molecule has 132 valence electrons. The number of aliphatic hydroxyl groups excluding tert-OH is 1. The van der Waals surface area contributed by atoms with Gasteiger partial charge in [-0.2, -0.15) is 0 Å². The molecule has 1 aromatic rings. The molecule has 0 aromatic heterocycles. The molecule has 0 unspecified atom stereocenters. The topological polar surface area (TPSA) is 66.8 Å². The fourth-order valence-corrected chi connectivity index (χ4v) is 3.78. The molecular formula is C20H23NO4. The number of amides is 1. The number of hydrogen-bond acceptors (Lipinski definition) is 4. The molecule has 5 nitrogen and oxygen atoms in total. The van der Waals surface area contributed by atoms with E-state index in [2.05, 4.69) is 6.58 Å². The summed E-state index contributed by atoms with van der Waals surface area (Å²) in [5.74, 6) is -0.357. The van der Waals surface area contributed by atoms with Crippen LogP contribution in [0.15, 0.2) is 42.6 Å². The van der Waals surface area contributed by atoms with Gasteiger partial charge in [-0.1, -0.05) is 44.7 Å². The summed E-state index contributed by atoms with van der Waals surface area (Å²) in [5, 5.41) is 9.39. The third-order valence-corrected chi connectivity index (χ3v) is 4.91. The predicted octanol–water partition coefficient (Wildman–Crippen LogP) is 2.51. The van der Waals surface area contributed by atoms with E-state index in [1.54, 1.807) is 4.90 Å². The van der Waals surface area contributed by atoms with Crippen molar-refractivity contribution < 1.29 is 19.4 Å². The fourth-order valence-electron chi connectivity index (χ4n) is 3.78. The number of β-lactam (4-membered cyclic amide) rings is 1. The van der Waals surface area contributed by atoms with Crippen LogP contribution in [-0.4, -0.2) is 34.5 Å². The van der Waals surface area contributed by atoms with Crippen molar-refractivity contribution in [2.24, 2.45) is 11.8 Å². The third kappa shape index (κ3) is 2.89. The second-order valence-corrected chi connectivity index (χ2v) is 6.82. The highest BCUT2D eigenvalue weighted by atomic mass is 16.5. The predicted molar refractivity (Wildman–Crippen MR) is 94.0 cm³/mol. The maximum atomic E-state index is 12.6. The van der Waals surface area contributed by atoms with Crippen LogP contribution in [0.2, 0.25) is 0 Å². The molecule has 3 rings (SSSR count). The lowest BCUT2D eigenvalue weighted by atomic mass is 9.78. The van der Waals surface area contributed by atoms with E-state index in [1.165, 1.54) is 6.08 Å². The average molecular weight is 341 g/mol. The van der Waals surface area contributed by atoms with E-state index in [0.717, 1.165) is 16.7 Å². The van der Waals surface area contributed by atoms with Gasteiger partial charge >= 0.3 is 5.97 Å². The van der Waals surface area contributed by atoms with Gasteiger partial charge in [-0.25, -0.2) is 4.79 Å². The van der Waals surface area contributed by atoms with Crippen molar-refractivity contribution in [3.63, 3.8) is 0 Å². The van der Waals surface area contributed by atoms with Crippen LogP contribution in [0.4, 0.5) is 0 Å². The largest absolute Gasteiger partial charge is 0.457 e. The summed E-state index contributed by atoms with van der Waals surface area (Å²) >= 11 is 0. The molecule has 2 heterocycles. The highest BCUT2D eigenvalue weighted by molar-refractivity contribution is 6.06. The van der Waals surface area contributed by atoms with E-state index in [-0.39, 0.29) is 37.0 Å². The quantitative estimate of drug-likeness (QED) is 0.490. The summed E-state index contributed by atoms with van der Waals surface area (Å²) in [4.78, 5) is 26.8. The first kappa shape index (κ1) is 17.4. The van der Waals surface area contributed by atoms with Gasteiger partial charge in [0, 0.05) is 0 Å². The fraction of sp³-hybridized carbons (Fsp3) is 0.400. The maximum absolute atomic E-state index is 12.6. The minimum absolute atomic E-state index is 0.00608. The number of aliphatic hydroxyl groups is 1. The van der Waals surface area contributed by atoms with Crippen molar-refractivity contribution in [2.75, 3.05) is 6.61 Å². The lowest BCUT2D eigenvalue weighted by molar-refractivity contribution is -0.158. The molecule has 2 aliphatic heterocycles. The SMILES string of the molecule is C=CCOC(=O)C1=C(c2cccc(CO)c2)C[C@@H]2[C@@H](C(C)C)C(=O)N12. The number of nitrogens with zero attached hydrogens (tertiary/aromatic N) is 1. The number of carbonyl (C=O) groups excluding carboxylic acids is 2. The van der Waals surface area contributed by atoms with Crippen LogP contribution < -0.4 is 0 Å². The van der Waals surface area contributed by atoms with Crippen molar-refractivity contribution in [1.82, 2.24) is 4.90 Å². The summed E-state index contributed by atoms with van der Waals surface area (Å²) in [6.07, 6.45) is 2.13. The highest BCUT2D eigenvalue weighted by Crippen LogP contribution is 2.48. The Morgan fingerprint density at radius 1 is 1.48 bits per heavy atom. The van der Waals surface area contributed by atoms with Gasteiger partial charge in [-0.3, -0.25) is 4.79 Å². The van der Waals surface area contributed by atoms with Gasteiger partial charge < -0.3 is 14.7 Å². The van der Waals surface area contributed by atoms with Crippen molar-refractivity contribution >= 4 is 17.4 Å². The number of carbonyl (C=O) groups is 2. The zero-order valence-corrected chi connectivity index (χ0v) is 14.6. The van der Waals surface area contributed by atoms with E-state index in [1.807, 2.05) is 38.1 Å². The Balaban J connectivity index is 2.01. The number of esters is 1. The van der Waals surface area contributed by atoms with Crippen molar-refractivity contribution in [2.45, 2.75) is 32.9 Å². The standard InChI is InChI=1S/C20H23NO4/c1-4-8-25-20(24)18-15(14-7-5-6-13(9-14)11-22)10-16-17(12(2)3)19(23)21(16)18/h4-7,9,12,16-17,22H,1,8,10-11H2,2-3H3/t16-,17-/m1/s1. The number of ether oxygens (including phenoxy) is 1. The summed E-state index contributed by atoms with van der Waals surface area (Å²) in [5.41, 5.74) is 2.77. The van der Waals surface area contributed by atoms with E-state index in [4.69, 9.17) is 4.74 Å². The zero-order chi connectivity index (χ0) is 18.1. The van der Waals surface area contributed by atoms with E-state index in [0.29, 0.717) is 12.1 Å². The summed E-state index contributed by atoms with van der Waals surface area (Å²) in [6, 6.07) is 7.43. The van der Waals surface area contributed by atoms with Crippen molar-refractivity contribution in [3.05, 3.63) is 53.7 Å². The average Bonchev–Trinajstić information content (AvgIpc) is 2.94. The summed E-state index contributed by atoms with van der Waals surface area (Å²) < 4.78 is 5.22. The van der Waals surface area contributed by atoms with E-state index < -0.39 is 5.97 Å². The Hall–Kier alpha value is -2.40. The van der Waals surface area contributed by atoms with Crippen LogP contribution in [-0.2, 0) is 20.9 Å². The molecule has 5 heteroatoms. The van der Waals surface area contributed by atoms with Crippen LogP contribution in [0.5, 0.6) is 0 Å². The van der Waals surface area contributed by atoms with Gasteiger partial charge in [0.05, 0.1) is 18.6 Å². The second-order valence-electron chi connectivity index (χ2n) is 6.82. The van der Waals surface area contributed by atoms with E-state index >= 15 is 0 Å². The summed E-state index contributed by atoms with van der Waals surface area (Å²) in [6.45, 7) is 7.64. The Morgan fingerprint density at radius 2 is 2.24 bits per heavy atom. The Bertz CT molecular complexity index is 750. The molecule has 0 spiro atoms. The molecule has 2 aliphatic rings. The molecule has 0 bridgehead atoms. The Kier molecular flexibility index (Phi) is 4.77. The van der Waals surface area contributed by atoms with Gasteiger partial charge in [-0.05, 0) is 35.1 Å². The molecule has 25 heavy (non-hydrogen) atoms. The van der Waals surface area contributed by atoms with Crippen LogP contribution >= 0.6 is 0 Å². The molecule has 0 aliphatic carbocycles. The van der Waals surface area contributed by atoms with Crippen LogP contribution in [0.25, 0.3) is 5.57 Å². The Labute approximate surface area is 147 Å². The third-order valence-electron chi connectivity index (χ3n) is 4.91. The molecule has 1 N–H and O–H groups in total. The van der Waals surface area contributed by atoms with Crippen LogP contribution in [0.3, 0.4) is 0 Å². The lowest BCUT2D eigenvalue weighted by Crippen LogP contribution is -2.60. The minimum atomic E-state index is -0.498.